The van der Waals surface area contributed by atoms with Crippen LogP contribution < -0.4 is 4.90 Å². The number of rotatable bonds is 2. The van der Waals surface area contributed by atoms with Crippen LogP contribution in [0.15, 0.2) is 79.0 Å². The molecule has 0 aliphatic carbocycles. The van der Waals surface area contributed by atoms with Crippen molar-refractivity contribution in [3.8, 4) is 23.1 Å². The third kappa shape index (κ3) is 4.37. The van der Waals surface area contributed by atoms with Crippen molar-refractivity contribution in [1.82, 2.24) is 9.97 Å². The summed E-state index contributed by atoms with van der Waals surface area (Å²) < 4.78 is 0. The second-order valence-corrected chi connectivity index (χ2v) is 11.6. The monoisotopic (exact) mass is 704 g/mol. The number of pyridine rings is 2. The molecule has 0 unspecified atom stereocenters. The molecule has 5 aromatic rings. The van der Waals surface area contributed by atoms with Gasteiger partial charge in [0.2, 0.25) is 0 Å². The average molecular weight is 705 g/mol. The second-order valence-electron chi connectivity index (χ2n) is 11.6. The van der Waals surface area contributed by atoms with E-state index in [1.165, 1.54) is 11.1 Å². The van der Waals surface area contributed by atoms with Gasteiger partial charge in [0.1, 0.15) is 17.4 Å². The van der Waals surface area contributed by atoms with Gasteiger partial charge in [-0.25, -0.2) is 4.98 Å². The van der Waals surface area contributed by atoms with Crippen LogP contribution in [-0.4, -0.2) is 15.1 Å². The predicted molar refractivity (Wildman–Crippen MR) is 156 cm³/mol. The summed E-state index contributed by atoms with van der Waals surface area (Å²) in [6.45, 7) is 11.1. The van der Waals surface area contributed by atoms with Crippen LogP contribution in [0.3, 0.4) is 0 Å². The first kappa shape index (κ1) is 27.6. The Morgan fingerprint density at radius 2 is 1.70 bits per heavy atom. The molecular weight excluding hydrogens is 675 g/mol. The third-order valence-electron chi connectivity index (χ3n) is 7.71. The molecule has 0 radical (unpaired) electrons. The zero-order valence-electron chi connectivity index (χ0n) is 23.1. The van der Waals surface area contributed by atoms with Crippen molar-refractivity contribution in [2.75, 3.05) is 4.90 Å². The molecule has 0 saturated heterocycles. The number of nitriles is 1. The Labute approximate surface area is 249 Å². The number of nitrogens with zero attached hydrogens (tertiary/aromatic N) is 4. The van der Waals surface area contributed by atoms with Gasteiger partial charge in [-0.2, -0.15) is 5.26 Å². The summed E-state index contributed by atoms with van der Waals surface area (Å²) in [5.74, 6) is 0.734. The van der Waals surface area contributed by atoms with E-state index in [0.717, 1.165) is 33.7 Å². The fourth-order valence-electron chi connectivity index (χ4n) is 5.43. The predicted octanol–water partition coefficient (Wildman–Crippen LogP) is 8.08. The number of phenols is 1. The second kappa shape index (κ2) is 9.88. The Hall–Kier alpha value is -4.00. The maximum Gasteiger partial charge on any atom is 0.158 e. The third-order valence-corrected chi connectivity index (χ3v) is 7.71. The molecular formula is C34H29N4OPt-. The molecule has 1 aliphatic heterocycles. The maximum absolute atomic E-state index is 10.7. The van der Waals surface area contributed by atoms with Crippen LogP contribution in [0.2, 0.25) is 0 Å². The molecule has 0 amide bonds. The minimum atomic E-state index is -0.254. The number of phenolic OH excluding ortho intramolecular Hbond substituents is 1. The molecule has 6 rings (SSSR count). The first-order chi connectivity index (χ1) is 18.6. The number of hydrogen-bond donors (Lipinski definition) is 1. The van der Waals surface area contributed by atoms with E-state index in [0.29, 0.717) is 11.2 Å². The van der Waals surface area contributed by atoms with Gasteiger partial charge in [-0.15, -0.1) is 23.8 Å². The number of aromatic nitrogens is 2. The Morgan fingerprint density at radius 3 is 2.45 bits per heavy atom. The largest absolute Gasteiger partial charge is 0.504 e. The first-order valence-electron chi connectivity index (χ1n) is 13.1. The number of hydrogen-bond acceptors (Lipinski definition) is 5. The molecule has 0 spiro atoms. The van der Waals surface area contributed by atoms with Crippen LogP contribution >= 0.6 is 0 Å². The maximum atomic E-state index is 10.7. The number of anilines is 3. The Morgan fingerprint density at radius 1 is 0.950 bits per heavy atom. The van der Waals surface area contributed by atoms with Gasteiger partial charge < -0.3 is 10.0 Å². The molecule has 0 fully saturated rings. The van der Waals surface area contributed by atoms with Crippen molar-refractivity contribution in [3.63, 3.8) is 0 Å². The summed E-state index contributed by atoms with van der Waals surface area (Å²) in [5, 5.41) is 20.8. The zero-order chi connectivity index (χ0) is 27.5. The van der Waals surface area contributed by atoms with Crippen molar-refractivity contribution >= 4 is 28.1 Å². The van der Waals surface area contributed by atoms with Crippen LogP contribution in [-0.2, 0) is 31.9 Å². The summed E-state index contributed by atoms with van der Waals surface area (Å²) in [6.07, 6.45) is 1.88. The first-order valence-corrected chi connectivity index (χ1v) is 13.1. The zero-order valence-corrected chi connectivity index (χ0v) is 25.3. The van der Waals surface area contributed by atoms with Crippen molar-refractivity contribution in [1.29, 1.82) is 5.26 Å². The molecule has 0 bridgehead atoms. The fourth-order valence-corrected chi connectivity index (χ4v) is 5.43. The molecule has 0 atom stereocenters. The van der Waals surface area contributed by atoms with Gasteiger partial charge in [0.25, 0.3) is 0 Å². The molecule has 202 valence electrons. The molecule has 40 heavy (non-hydrogen) atoms. The number of benzene rings is 3. The van der Waals surface area contributed by atoms with E-state index in [1.807, 2.05) is 30.5 Å². The van der Waals surface area contributed by atoms with Crippen LogP contribution in [0.25, 0.3) is 22.2 Å². The minimum Gasteiger partial charge on any atom is -0.504 e. The summed E-state index contributed by atoms with van der Waals surface area (Å²) in [7, 11) is 0. The molecule has 1 aliphatic rings. The van der Waals surface area contributed by atoms with Crippen LogP contribution in [0, 0.1) is 17.4 Å². The van der Waals surface area contributed by atoms with Gasteiger partial charge in [-0.3, -0.25) is 4.98 Å². The van der Waals surface area contributed by atoms with Gasteiger partial charge in [0, 0.05) is 38.3 Å². The van der Waals surface area contributed by atoms with E-state index in [1.54, 1.807) is 12.1 Å². The summed E-state index contributed by atoms with van der Waals surface area (Å²) in [5.41, 5.74) is 7.35. The van der Waals surface area contributed by atoms with E-state index < -0.39 is 0 Å². The van der Waals surface area contributed by atoms with Gasteiger partial charge in [-0.1, -0.05) is 76.6 Å². The quantitative estimate of drug-likeness (QED) is 0.188. The Bertz CT molecular complexity index is 1810. The summed E-state index contributed by atoms with van der Waals surface area (Å²) >= 11 is 0. The minimum absolute atomic E-state index is 0. The van der Waals surface area contributed by atoms with Crippen LogP contribution in [0.4, 0.5) is 17.2 Å². The number of para-hydroxylation sites is 1. The summed E-state index contributed by atoms with van der Waals surface area (Å²) in [4.78, 5) is 11.8. The average Bonchev–Trinajstić information content (AvgIpc) is 2.93. The van der Waals surface area contributed by atoms with Gasteiger partial charge in [0.05, 0.1) is 5.56 Å². The Kier molecular flexibility index (Phi) is 6.81. The molecule has 0 saturated carbocycles. The van der Waals surface area contributed by atoms with Crippen molar-refractivity contribution in [2.45, 2.75) is 45.4 Å². The molecule has 1 N–H and O–H groups in total. The van der Waals surface area contributed by atoms with Gasteiger partial charge in [-0.05, 0) is 57.6 Å². The van der Waals surface area contributed by atoms with Crippen LogP contribution in [0.5, 0.6) is 5.75 Å². The fraction of sp³-hybridized carbons (Fsp3) is 0.206. The Balaban J connectivity index is 0.00000323. The summed E-state index contributed by atoms with van der Waals surface area (Å²) in [6, 6.07) is 29.9. The van der Waals surface area contributed by atoms with E-state index in [-0.39, 0.29) is 43.2 Å². The number of aromatic hydroxyl groups is 1. The van der Waals surface area contributed by atoms with E-state index in [2.05, 4.69) is 88.0 Å². The topological polar surface area (TPSA) is 73.0 Å². The van der Waals surface area contributed by atoms with Crippen LogP contribution in [0.1, 0.15) is 56.9 Å². The molecule has 2 aromatic heterocycles. The van der Waals surface area contributed by atoms with Crippen molar-refractivity contribution < 1.29 is 26.2 Å². The van der Waals surface area contributed by atoms with E-state index in [4.69, 9.17) is 9.97 Å². The standard InChI is InChI=1S/C34H29N4O.Pt/c1-33(2,3)24-16-17-36-30(19-24)38-28-9-7-6-8-25(28)34(4,5)26-14-12-22(18-29(26)38)27-15-13-21-10-11-23(20-35)32(39)31(21)37-27;/h6-17,19,39H,1-5H3;/q-1;. The van der Waals surface area contributed by atoms with E-state index in [9.17, 15) is 10.4 Å². The smallest absolute Gasteiger partial charge is 0.158 e. The molecule has 6 heteroatoms. The molecule has 5 nitrogen and oxygen atoms in total. The SMILES string of the molecule is CC(C)(C)c1ccnc(N2c3[c-]c(-c4ccc5ccc(C#N)c(O)c5n4)ccc3C(C)(C)c3ccccc32)c1.[Pt]. The molecule has 3 aromatic carbocycles. The van der Waals surface area contributed by atoms with Crippen molar-refractivity contribution in [3.05, 3.63) is 107 Å². The number of fused-ring (bicyclic) bond motifs is 3. The normalized spacial score (nSPS) is 13.7. The van der Waals surface area contributed by atoms with Gasteiger partial charge >= 0.3 is 0 Å². The van der Waals surface area contributed by atoms with Crippen molar-refractivity contribution in [2.24, 2.45) is 0 Å². The van der Waals surface area contributed by atoms with E-state index >= 15 is 0 Å². The van der Waals surface area contributed by atoms with Gasteiger partial charge in [0.15, 0.2) is 5.75 Å². The molecule has 3 heterocycles.